The molecule has 0 unspecified atom stereocenters. The maximum atomic E-state index is 12.9. The lowest BCUT2D eigenvalue weighted by molar-refractivity contribution is 0.0692. The molecular weight excluding hydrogens is 273 g/mol. The number of hydrogen-bond donors (Lipinski definition) is 1. The molecule has 5 heteroatoms. The average Bonchev–Trinajstić information content (AvgIpc) is 2.49. The fourth-order valence-electron chi connectivity index (χ4n) is 2.45. The first-order valence-electron chi connectivity index (χ1n) is 6.63. The Hall–Kier alpha value is -2.56. The zero-order valence-corrected chi connectivity index (χ0v) is 11.3. The normalized spacial score (nSPS) is 13.5. The molecule has 1 N–H and O–H groups in total. The Balaban J connectivity index is 1.92. The fraction of sp³-hybridized carbons (Fsp3) is 0.188. The van der Waals surface area contributed by atoms with E-state index in [0.717, 1.165) is 11.3 Å². The van der Waals surface area contributed by atoms with E-state index in [0.29, 0.717) is 25.4 Å². The van der Waals surface area contributed by atoms with Gasteiger partial charge in [0, 0.05) is 6.54 Å². The minimum atomic E-state index is -1.00. The molecular formula is C16H14FNO3. The molecule has 2 aromatic carbocycles. The fourth-order valence-corrected chi connectivity index (χ4v) is 2.45. The van der Waals surface area contributed by atoms with Gasteiger partial charge in [0.15, 0.2) is 5.75 Å². The van der Waals surface area contributed by atoms with E-state index in [1.807, 2.05) is 11.0 Å². The van der Waals surface area contributed by atoms with Gasteiger partial charge >= 0.3 is 5.97 Å². The highest BCUT2D eigenvalue weighted by molar-refractivity contribution is 5.93. The molecule has 1 aliphatic rings. The molecule has 0 radical (unpaired) electrons. The van der Waals surface area contributed by atoms with Crippen molar-refractivity contribution in [2.75, 3.05) is 18.1 Å². The van der Waals surface area contributed by atoms with Crippen LogP contribution in [0.1, 0.15) is 15.9 Å². The Kier molecular flexibility index (Phi) is 3.48. The van der Waals surface area contributed by atoms with Crippen LogP contribution in [0.15, 0.2) is 42.5 Å². The first kappa shape index (κ1) is 13.4. The monoisotopic (exact) mass is 287 g/mol. The first-order valence-corrected chi connectivity index (χ1v) is 6.63. The van der Waals surface area contributed by atoms with E-state index < -0.39 is 5.97 Å². The lowest BCUT2D eigenvalue weighted by Crippen LogP contribution is -2.32. The zero-order chi connectivity index (χ0) is 14.8. The number of anilines is 1. The number of halogens is 1. The van der Waals surface area contributed by atoms with Crippen molar-refractivity contribution in [1.29, 1.82) is 0 Å². The molecule has 108 valence electrons. The van der Waals surface area contributed by atoms with Crippen molar-refractivity contribution in [3.8, 4) is 5.75 Å². The molecule has 3 rings (SSSR count). The Morgan fingerprint density at radius 1 is 1.24 bits per heavy atom. The largest absolute Gasteiger partial charge is 0.489 e. The van der Waals surface area contributed by atoms with Crippen LogP contribution >= 0.6 is 0 Å². The van der Waals surface area contributed by atoms with Gasteiger partial charge in [-0.25, -0.2) is 9.18 Å². The summed E-state index contributed by atoms with van der Waals surface area (Å²) in [6.45, 7) is 1.67. The Bertz CT molecular complexity index is 670. The quantitative estimate of drug-likeness (QED) is 0.943. The smallest absolute Gasteiger partial charge is 0.339 e. The van der Waals surface area contributed by atoms with Gasteiger partial charge in [0.05, 0.1) is 12.2 Å². The Morgan fingerprint density at radius 2 is 2.00 bits per heavy atom. The predicted molar refractivity (Wildman–Crippen MR) is 76.3 cm³/mol. The highest BCUT2D eigenvalue weighted by Crippen LogP contribution is 2.35. The second-order valence-corrected chi connectivity index (χ2v) is 4.86. The van der Waals surface area contributed by atoms with Crippen LogP contribution < -0.4 is 9.64 Å². The third-order valence-electron chi connectivity index (χ3n) is 3.46. The van der Waals surface area contributed by atoms with E-state index in [-0.39, 0.29) is 11.4 Å². The minimum absolute atomic E-state index is 0.163. The molecule has 2 aromatic rings. The van der Waals surface area contributed by atoms with Crippen molar-refractivity contribution in [2.45, 2.75) is 6.54 Å². The van der Waals surface area contributed by atoms with Gasteiger partial charge < -0.3 is 14.7 Å². The molecule has 0 spiro atoms. The summed E-state index contributed by atoms with van der Waals surface area (Å²) in [6, 6.07) is 11.4. The minimum Gasteiger partial charge on any atom is -0.489 e. The van der Waals surface area contributed by atoms with Crippen LogP contribution in [0.3, 0.4) is 0 Å². The number of fused-ring (bicyclic) bond motifs is 1. The van der Waals surface area contributed by atoms with Crippen molar-refractivity contribution in [3.05, 3.63) is 59.4 Å². The predicted octanol–water partition coefficient (Wildman–Crippen LogP) is 2.92. The average molecular weight is 287 g/mol. The molecule has 21 heavy (non-hydrogen) atoms. The highest BCUT2D eigenvalue weighted by atomic mass is 19.1. The SMILES string of the molecule is O=C(O)c1cccc2c1OCCN2Cc1ccc(F)cc1. The summed E-state index contributed by atoms with van der Waals surface area (Å²) >= 11 is 0. The van der Waals surface area contributed by atoms with E-state index in [1.165, 1.54) is 18.2 Å². The molecule has 0 saturated heterocycles. The topological polar surface area (TPSA) is 49.8 Å². The number of ether oxygens (including phenoxy) is 1. The Morgan fingerprint density at radius 3 is 2.71 bits per heavy atom. The van der Waals surface area contributed by atoms with Gasteiger partial charge in [-0.2, -0.15) is 0 Å². The molecule has 1 heterocycles. The summed E-state index contributed by atoms with van der Waals surface area (Å²) in [5.74, 6) is -0.872. The number of aromatic carboxylic acids is 1. The molecule has 4 nitrogen and oxygen atoms in total. The van der Waals surface area contributed by atoms with Crippen molar-refractivity contribution in [3.63, 3.8) is 0 Å². The van der Waals surface area contributed by atoms with Gasteiger partial charge in [0.25, 0.3) is 0 Å². The van der Waals surface area contributed by atoms with E-state index in [1.54, 1.807) is 18.2 Å². The molecule has 0 amide bonds. The van der Waals surface area contributed by atoms with Crippen LogP contribution in [0.5, 0.6) is 5.75 Å². The molecule has 0 bridgehead atoms. The molecule has 0 aliphatic carbocycles. The summed E-state index contributed by atoms with van der Waals surface area (Å²) in [4.78, 5) is 13.3. The number of hydrogen-bond acceptors (Lipinski definition) is 3. The van der Waals surface area contributed by atoms with Gasteiger partial charge in [0.1, 0.15) is 18.0 Å². The molecule has 0 aromatic heterocycles. The standard InChI is InChI=1S/C16H14FNO3/c17-12-6-4-11(5-7-12)10-18-8-9-21-15-13(16(19)20)2-1-3-14(15)18/h1-7H,8-10H2,(H,19,20). The second-order valence-electron chi connectivity index (χ2n) is 4.86. The molecule has 0 saturated carbocycles. The number of para-hydroxylation sites is 1. The Labute approximate surface area is 121 Å². The number of benzene rings is 2. The van der Waals surface area contributed by atoms with E-state index in [4.69, 9.17) is 4.74 Å². The van der Waals surface area contributed by atoms with Gasteiger partial charge in [-0.15, -0.1) is 0 Å². The van der Waals surface area contributed by atoms with Crippen molar-refractivity contribution < 1.29 is 19.0 Å². The second kappa shape index (κ2) is 5.44. The van der Waals surface area contributed by atoms with Gasteiger partial charge in [-0.1, -0.05) is 18.2 Å². The summed E-state index contributed by atoms with van der Waals surface area (Å²) < 4.78 is 18.5. The summed E-state index contributed by atoms with van der Waals surface area (Å²) in [5.41, 5.74) is 1.88. The van der Waals surface area contributed by atoms with Gasteiger partial charge in [0.2, 0.25) is 0 Å². The van der Waals surface area contributed by atoms with E-state index in [9.17, 15) is 14.3 Å². The third-order valence-corrected chi connectivity index (χ3v) is 3.46. The zero-order valence-electron chi connectivity index (χ0n) is 11.3. The summed E-state index contributed by atoms with van der Waals surface area (Å²) in [6.07, 6.45) is 0. The van der Waals surface area contributed by atoms with Crippen molar-refractivity contribution >= 4 is 11.7 Å². The highest BCUT2D eigenvalue weighted by Gasteiger charge is 2.23. The van der Waals surface area contributed by atoms with E-state index >= 15 is 0 Å². The number of nitrogens with zero attached hydrogens (tertiary/aromatic N) is 1. The van der Waals surface area contributed by atoms with Crippen LogP contribution in [-0.4, -0.2) is 24.2 Å². The first-order chi connectivity index (χ1) is 10.1. The maximum absolute atomic E-state index is 12.9. The number of carboxylic acid groups (broad SMARTS) is 1. The van der Waals surface area contributed by atoms with Crippen LogP contribution in [0.25, 0.3) is 0 Å². The number of rotatable bonds is 3. The maximum Gasteiger partial charge on any atom is 0.339 e. The summed E-state index contributed by atoms with van der Waals surface area (Å²) in [7, 11) is 0. The molecule has 0 fully saturated rings. The lowest BCUT2D eigenvalue weighted by atomic mass is 10.1. The molecule has 1 aliphatic heterocycles. The molecule has 0 atom stereocenters. The van der Waals surface area contributed by atoms with E-state index in [2.05, 4.69) is 0 Å². The van der Waals surface area contributed by atoms with Gasteiger partial charge in [-0.05, 0) is 29.8 Å². The van der Waals surface area contributed by atoms with Crippen molar-refractivity contribution in [1.82, 2.24) is 0 Å². The number of carboxylic acids is 1. The van der Waals surface area contributed by atoms with Crippen LogP contribution in [-0.2, 0) is 6.54 Å². The van der Waals surface area contributed by atoms with Crippen molar-refractivity contribution in [2.24, 2.45) is 0 Å². The van der Waals surface area contributed by atoms with Gasteiger partial charge in [-0.3, -0.25) is 0 Å². The van der Waals surface area contributed by atoms with Crippen LogP contribution in [0.4, 0.5) is 10.1 Å². The third kappa shape index (κ3) is 2.67. The number of carbonyl (C=O) groups is 1. The summed E-state index contributed by atoms with van der Waals surface area (Å²) in [5, 5.41) is 9.21. The van der Waals surface area contributed by atoms with Crippen LogP contribution in [0, 0.1) is 5.82 Å². The van der Waals surface area contributed by atoms with Crippen LogP contribution in [0.2, 0.25) is 0 Å². The lowest BCUT2D eigenvalue weighted by Gasteiger charge is -2.32.